The number of hydroxylamine groups is 1. The zero-order valence-electron chi connectivity index (χ0n) is 8.14. The number of rotatable bonds is 3. The highest BCUT2D eigenvalue weighted by Crippen LogP contribution is 2.12. The molecule has 2 aromatic heterocycles. The zero-order chi connectivity index (χ0) is 11.5. The summed E-state index contributed by atoms with van der Waals surface area (Å²) in [6, 6.07) is 2.82. The van der Waals surface area contributed by atoms with Crippen LogP contribution in [0.5, 0.6) is 0 Å². The summed E-state index contributed by atoms with van der Waals surface area (Å²) in [4.78, 5) is 14.8. The summed E-state index contributed by atoms with van der Waals surface area (Å²) in [6.45, 7) is -0.124. The molecule has 16 heavy (non-hydrogen) atoms. The van der Waals surface area contributed by atoms with E-state index in [2.05, 4.69) is 10.3 Å². The molecule has 1 amide bonds. The van der Waals surface area contributed by atoms with Gasteiger partial charge in [-0.3, -0.25) is 14.4 Å². The summed E-state index contributed by atoms with van der Waals surface area (Å²) < 4.78 is 14.4. The number of hydrogen-bond donors (Lipinski definition) is 3. The minimum atomic E-state index is -0.591. The van der Waals surface area contributed by atoms with E-state index in [-0.39, 0.29) is 6.54 Å². The Balaban J connectivity index is 2.24. The van der Waals surface area contributed by atoms with Crippen LogP contribution in [0, 0.1) is 5.82 Å². The van der Waals surface area contributed by atoms with Crippen molar-refractivity contribution in [3.05, 3.63) is 30.3 Å². The Bertz CT molecular complexity index is 525. The summed E-state index contributed by atoms with van der Waals surface area (Å²) in [5.74, 6) is -0.524. The molecule has 0 radical (unpaired) electrons. The predicted molar refractivity (Wildman–Crippen MR) is 53.6 cm³/mol. The lowest BCUT2D eigenvalue weighted by atomic mass is 10.4. The number of anilines is 1. The average Bonchev–Trinajstić information content (AvgIpc) is 2.68. The molecule has 2 heterocycles. The number of carbonyl (C=O) groups is 1. The third-order valence-electron chi connectivity index (χ3n) is 2.02. The molecule has 2 rings (SSSR count). The van der Waals surface area contributed by atoms with Crippen molar-refractivity contribution in [2.75, 3.05) is 11.9 Å². The van der Waals surface area contributed by atoms with Crippen LogP contribution < -0.4 is 10.8 Å². The van der Waals surface area contributed by atoms with Crippen molar-refractivity contribution >= 4 is 17.4 Å². The number of nitrogens with zero attached hydrogens (tertiary/aromatic N) is 2. The second-order valence-corrected chi connectivity index (χ2v) is 3.11. The van der Waals surface area contributed by atoms with Crippen molar-refractivity contribution in [1.82, 2.24) is 14.9 Å². The molecule has 84 valence electrons. The molecule has 0 spiro atoms. The van der Waals surface area contributed by atoms with Crippen LogP contribution in [0.3, 0.4) is 0 Å². The molecule has 0 fully saturated rings. The van der Waals surface area contributed by atoms with Crippen molar-refractivity contribution in [1.29, 1.82) is 0 Å². The van der Waals surface area contributed by atoms with E-state index in [9.17, 15) is 9.18 Å². The van der Waals surface area contributed by atoms with Gasteiger partial charge >= 0.3 is 0 Å². The summed E-state index contributed by atoms with van der Waals surface area (Å²) in [5.41, 5.74) is 2.04. The first kappa shape index (κ1) is 10.4. The number of nitrogens with one attached hydrogen (secondary N) is 2. The lowest BCUT2D eigenvalue weighted by Crippen LogP contribution is -2.27. The van der Waals surface area contributed by atoms with E-state index in [0.717, 1.165) is 0 Å². The van der Waals surface area contributed by atoms with Gasteiger partial charge in [-0.15, -0.1) is 0 Å². The van der Waals surface area contributed by atoms with Crippen molar-refractivity contribution in [3.8, 4) is 0 Å². The number of aromatic nitrogens is 2. The van der Waals surface area contributed by atoms with E-state index in [0.29, 0.717) is 11.5 Å². The SMILES string of the molecule is O=C(CNc1cnc2ccc(F)cn12)NO. The second kappa shape index (κ2) is 4.15. The Morgan fingerprint density at radius 1 is 1.56 bits per heavy atom. The minimum Gasteiger partial charge on any atom is -0.361 e. The molecule has 0 aliphatic heterocycles. The Hall–Kier alpha value is -2.15. The maximum atomic E-state index is 13.0. The average molecular weight is 224 g/mol. The third kappa shape index (κ3) is 1.94. The van der Waals surface area contributed by atoms with Crippen LogP contribution in [0.15, 0.2) is 24.5 Å². The maximum absolute atomic E-state index is 13.0. The Morgan fingerprint density at radius 3 is 3.12 bits per heavy atom. The molecule has 0 atom stereocenters. The number of halogens is 1. The van der Waals surface area contributed by atoms with Crippen LogP contribution in [-0.4, -0.2) is 27.0 Å². The fourth-order valence-electron chi connectivity index (χ4n) is 1.30. The zero-order valence-corrected chi connectivity index (χ0v) is 8.14. The van der Waals surface area contributed by atoms with Crippen molar-refractivity contribution in [2.45, 2.75) is 0 Å². The lowest BCUT2D eigenvalue weighted by molar-refractivity contribution is -0.127. The van der Waals surface area contributed by atoms with Gasteiger partial charge in [-0.2, -0.15) is 0 Å². The van der Waals surface area contributed by atoms with Crippen molar-refractivity contribution in [3.63, 3.8) is 0 Å². The fourth-order valence-corrected chi connectivity index (χ4v) is 1.30. The number of hydrogen-bond acceptors (Lipinski definition) is 4. The Labute approximate surface area is 89.7 Å². The van der Waals surface area contributed by atoms with Gasteiger partial charge in [0.2, 0.25) is 0 Å². The highest BCUT2D eigenvalue weighted by molar-refractivity contribution is 5.79. The van der Waals surface area contributed by atoms with Crippen LogP contribution in [-0.2, 0) is 4.79 Å². The summed E-state index contributed by atoms with van der Waals surface area (Å²) in [7, 11) is 0. The topological polar surface area (TPSA) is 78.7 Å². The molecule has 0 unspecified atom stereocenters. The highest BCUT2D eigenvalue weighted by atomic mass is 19.1. The number of pyridine rings is 1. The molecule has 0 bridgehead atoms. The van der Waals surface area contributed by atoms with Gasteiger partial charge in [-0.05, 0) is 12.1 Å². The smallest absolute Gasteiger partial charge is 0.262 e. The van der Waals surface area contributed by atoms with Crippen LogP contribution in [0.2, 0.25) is 0 Å². The molecule has 0 saturated heterocycles. The fraction of sp³-hybridized carbons (Fsp3) is 0.111. The normalized spacial score (nSPS) is 10.4. The second-order valence-electron chi connectivity index (χ2n) is 3.11. The largest absolute Gasteiger partial charge is 0.361 e. The van der Waals surface area contributed by atoms with Gasteiger partial charge in [0.15, 0.2) is 0 Å². The molecule has 0 saturated carbocycles. The third-order valence-corrected chi connectivity index (χ3v) is 2.02. The van der Waals surface area contributed by atoms with Gasteiger partial charge in [-0.1, -0.05) is 0 Å². The molecule has 6 nitrogen and oxygen atoms in total. The Kier molecular flexibility index (Phi) is 2.69. The molecule has 3 N–H and O–H groups in total. The van der Waals surface area contributed by atoms with Crippen LogP contribution in [0.1, 0.15) is 0 Å². The summed E-state index contributed by atoms with van der Waals surface area (Å²) in [5, 5.41) is 11.0. The van der Waals surface area contributed by atoms with Gasteiger partial charge in [0.25, 0.3) is 5.91 Å². The van der Waals surface area contributed by atoms with E-state index >= 15 is 0 Å². The first-order chi connectivity index (χ1) is 7.70. The minimum absolute atomic E-state index is 0.124. The molecule has 0 aliphatic rings. The van der Waals surface area contributed by atoms with Crippen LogP contribution in [0.25, 0.3) is 5.65 Å². The van der Waals surface area contributed by atoms with Gasteiger partial charge in [0.1, 0.15) is 17.3 Å². The van der Waals surface area contributed by atoms with E-state index in [1.165, 1.54) is 34.4 Å². The Morgan fingerprint density at radius 2 is 2.38 bits per heavy atom. The van der Waals surface area contributed by atoms with E-state index in [1.54, 1.807) is 0 Å². The summed E-state index contributed by atoms with van der Waals surface area (Å²) >= 11 is 0. The summed E-state index contributed by atoms with van der Waals surface area (Å²) in [6.07, 6.45) is 2.72. The van der Waals surface area contributed by atoms with Crippen molar-refractivity contribution < 1.29 is 14.4 Å². The van der Waals surface area contributed by atoms with Crippen LogP contribution >= 0.6 is 0 Å². The number of imidazole rings is 1. The molecule has 2 aromatic rings. The standard InChI is InChI=1S/C9H9FN4O2/c10-6-1-2-7-11-3-8(14(7)5-6)12-4-9(15)13-16/h1-3,5,12,16H,4H2,(H,13,15). The van der Waals surface area contributed by atoms with Gasteiger partial charge in [0, 0.05) is 6.20 Å². The molecular weight excluding hydrogens is 215 g/mol. The van der Waals surface area contributed by atoms with E-state index < -0.39 is 11.7 Å². The molecular formula is C9H9FN4O2. The molecule has 0 aliphatic carbocycles. The van der Waals surface area contributed by atoms with Gasteiger partial charge in [-0.25, -0.2) is 14.9 Å². The number of amides is 1. The first-order valence-electron chi connectivity index (χ1n) is 4.50. The quantitative estimate of drug-likeness (QED) is 0.520. The van der Waals surface area contributed by atoms with E-state index in [4.69, 9.17) is 5.21 Å². The molecule has 0 aromatic carbocycles. The van der Waals surface area contributed by atoms with E-state index in [1.807, 2.05) is 0 Å². The van der Waals surface area contributed by atoms with Crippen LogP contribution in [0.4, 0.5) is 10.2 Å². The molecule has 7 heteroatoms. The van der Waals surface area contributed by atoms with Gasteiger partial charge < -0.3 is 5.32 Å². The highest BCUT2D eigenvalue weighted by Gasteiger charge is 2.05. The van der Waals surface area contributed by atoms with Crippen molar-refractivity contribution in [2.24, 2.45) is 0 Å². The number of carbonyl (C=O) groups excluding carboxylic acids is 1. The lowest BCUT2D eigenvalue weighted by Gasteiger charge is -2.04. The predicted octanol–water partition coefficient (Wildman–Crippen LogP) is 0.391. The first-order valence-corrected chi connectivity index (χ1v) is 4.50. The number of fused-ring (bicyclic) bond motifs is 1. The maximum Gasteiger partial charge on any atom is 0.262 e. The van der Waals surface area contributed by atoms with Gasteiger partial charge in [0.05, 0.1) is 12.7 Å². The monoisotopic (exact) mass is 224 g/mol.